The maximum absolute atomic E-state index is 12.8. The lowest BCUT2D eigenvalue weighted by Crippen LogP contribution is -2.50. The van der Waals surface area contributed by atoms with Crippen LogP contribution < -0.4 is 0 Å². The van der Waals surface area contributed by atoms with Gasteiger partial charge in [0, 0.05) is 6.42 Å². The third kappa shape index (κ3) is 2.97. The molecule has 0 radical (unpaired) electrons. The van der Waals surface area contributed by atoms with Gasteiger partial charge in [0.1, 0.15) is 5.78 Å². The predicted octanol–water partition coefficient (Wildman–Crippen LogP) is 4.22. The van der Waals surface area contributed by atoms with Crippen LogP contribution in [0.4, 0.5) is 0 Å². The van der Waals surface area contributed by atoms with Gasteiger partial charge < -0.3 is 9.53 Å². The van der Waals surface area contributed by atoms with Crippen LogP contribution in [0.25, 0.3) is 0 Å². The Morgan fingerprint density at radius 1 is 1.32 bits per heavy atom. The number of Topliss-reactive ketones (excluding diaryl/α,β-unsaturated/α-hetero) is 1. The van der Waals surface area contributed by atoms with E-state index in [0.717, 1.165) is 24.8 Å². The monoisotopic (exact) mass is 324 g/mol. The molecular weight excluding hydrogens is 292 g/mol. The van der Waals surface area contributed by atoms with Crippen molar-refractivity contribution in [3.05, 3.63) is 11.1 Å². The van der Waals surface area contributed by atoms with Crippen LogP contribution in [-0.4, -0.2) is 31.9 Å². The number of aliphatic hydroxyl groups is 1. The number of carbonyl (C=O) groups is 1. The van der Waals surface area contributed by atoms with Gasteiger partial charge in [-0.15, -0.1) is 0 Å². The minimum absolute atomic E-state index is 0.147. The fourth-order valence-electron chi connectivity index (χ4n) is 3.50. The zero-order valence-electron chi connectivity index (χ0n) is 15.1. The van der Waals surface area contributed by atoms with Gasteiger partial charge in [0.05, 0.1) is 18.1 Å². The first kappa shape index (κ1) is 17.9. The summed E-state index contributed by atoms with van der Waals surface area (Å²) in [6, 6.07) is 0. The van der Waals surface area contributed by atoms with Gasteiger partial charge in [-0.2, -0.15) is 0 Å². The molecule has 0 aromatic heterocycles. The molecule has 3 nitrogen and oxygen atoms in total. The lowest BCUT2D eigenvalue weighted by atomic mass is 9.62. The van der Waals surface area contributed by atoms with Crippen molar-refractivity contribution in [2.24, 2.45) is 5.41 Å². The van der Waals surface area contributed by atoms with E-state index in [0.29, 0.717) is 25.2 Å². The van der Waals surface area contributed by atoms with Crippen molar-refractivity contribution < 1.29 is 14.3 Å². The second-order valence-electron chi connectivity index (χ2n) is 8.62. The summed E-state index contributed by atoms with van der Waals surface area (Å²) >= 11 is 0. The van der Waals surface area contributed by atoms with E-state index in [4.69, 9.17) is 4.43 Å². The standard InChI is InChI=1S/C18H32O3Si/c1-13-14-8-7-9-16(20)18(14,11-10-15(13)19)12-21-22(5,6)17(2,3)4/h15,19H,7-12H2,1-6H3/t15-,18+/m1/s1. The third-order valence-corrected chi connectivity index (χ3v) is 10.7. The second kappa shape index (κ2) is 5.88. The molecule has 126 valence electrons. The number of fused-ring (bicyclic) bond motifs is 1. The molecule has 0 aromatic rings. The summed E-state index contributed by atoms with van der Waals surface area (Å²) in [6.45, 7) is 13.7. The highest BCUT2D eigenvalue weighted by Gasteiger charge is 2.49. The third-order valence-electron chi connectivity index (χ3n) is 6.25. The fourth-order valence-corrected chi connectivity index (χ4v) is 4.54. The molecule has 2 aliphatic rings. The van der Waals surface area contributed by atoms with Crippen LogP contribution in [0.15, 0.2) is 11.1 Å². The summed E-state index contributed by atoms with van der Waals surface area (Å²) in [6.07, 6.45) is 3.57. The summed E-state index contributed by atoms with van der Waals surface area (Å²) in [7, 11) is -1.88. The highest BCUT2D eigenvalue weighted by Crippen LogP contribution is 2.49. The van der Waals surface area contributed by atoms with Crippen molar-refractivity contribution in [1.82, 2.24) is 0 Å². The van der Waals surface area contributed by atoms with E-state index in [9.17, 15) is 9.90 Å². The molecule has 1 fully saturated rings. The fraction of sp³-hybridized carbons (Fsp3) is 0.833. The molecule has 0 amide bonds. The Labute approximate surface area is 136 Å². The maximum atomic E-state index is 12.8. The summed E-state index contributed by atoms with van der Waals surface area (Å²) in [5.41, 5.74) is 1.76. The van der Waals surface area contributed by atoms with E-state index in [2.05, 4.69) is 33.9 Å². The smallest absolute Gasteiger partial charge is 0.192 e. The first-order valence-electron chi connectivity index (χ1n) is 8.57. The van der Waals surface area contributed by atoms with Gasteiger partial charge >= 0.3 is 0 Å². The number of ketones is 1. The molecule has 22 heavy (non-hydrogen) atoms. The Hall–Kier alpha value is -0.453. The zero-order valence-corrected chi connectivity index (χ0v) is 16.1. The largest absolute Gasteiger partial charge is 0.415 e. The number of aliphatic hydroxyl groups excluding tert-OH is 1. The van der Waals surface area contributed by atoms with E-state index in [1.165, 1.54) is 5.57 Å². The first-order valence-corrected chi connectivity index (χ1v) is 11.5. The van der Waals surface area contributed by atoms with E-state index < -0.39 is 13.7 Å². The van der Waals surface area contributed by atoms with Crippen molar-refractivity contribution in [1.29, 1.82) is 0 Å². The molecule has 0 saturated heterocycles. The molecule has 2 rings (SSSR count). The maximum Gasteiger partial charge on any atom is 0.192 e. The van der Waals surface area contributed by atoms with E-state index in [-0.39, 0.29) is 11.1 Å². The van der Waals surface area contributed by atoms with Crippen molar-refractivity contribution in [2.45, 2.75) is 84.0 Å². The lowest BCUT2D eigenvalue weighted by Gasteiger charge is -2.46. The van der Waals surface area contributed by atoms with Crippen LogP contribution in [0.3, 0.4) is 0 Å². The summed E-state index contributed by atoms with van der Waals surface area (Å²) < 4.78 is 6.45. The molecule has 0 spiro atoms. The van der Waals surface area contributed by atoms with Gasteiger partial charge in [0.2, 0.25) is 0 Å². The summed E-state index contributed by atoms with van der Waals surface area (Å²) in [5.74, 6) is 0.332. The lowest BCUT2D eigenvalue weighted by molar-refractivity contribution is -0.131. The van der Waals surface area contributed by atoms with Crippen LogP contribution >= 0.6 is 0 Å². The van der Waals surface area contributed by atoms with Crippen molar-refractivity contribution in [3.8, 4) is 0 Å². The van der Waals surface area contributed by atoms with Crippen LogP contribution in [-0.2, 0) is 9.22 Å². The quantitative estimate of drug-likeness (QED) is 0.624. The van der Waals surface area contributed by atoms with Crippen LogP contribution in [0, 0.1) is 5.41 Å². The Morgan fingerprint density at radius 2 is 1.95 bits per heavy atom. The van der Waals surface area contributed by atoms with Gasteiger partial charge in [-0.3, -0.25) is 4.79 Å². The van der Waals surface area contributed by atoms with Gasteiger partial charge in [0.25, 0.3) is 0 Å². The Balaban J connectivity index is 2.31. The number of rotatable bonds is 3. The average Bonchev–Trinajstić information content (AvgIpc) is 2.41. The van der Waals surface area contributed by atoms with Gasteiger partial charge in [-0.1, -0.05) is 26.3 Å². The molecule has 4 heteroatoms. The number of hydrogen-bond acceptors (Lipinski definition) is 3. The van der Waals surface area contributed by atoms with E-state index >= 15 is 0 Å². The molecule has 2 atom stereocenters. The molecule has 2 aliphatic carbocycles. The van der Waals surface area contributed by atoms with Crippen molar-refractivity contribution in [2.75, 3.05) is 6.61 Å². The molecule has 1 saturated carbocycles. The summed E-state index contributed by atoms with van der Waals surface area (Å²) in [5, 5.41) is 10.3. The normalized spacial score (nSPS) is 30.5. The van der Waals surface area contributed by atoms with E-state index in [1.807, 2.05) is 6.92 Å². The average molecular weight is 325 g/mol. The van der Waals surface area contributed by atoms with Gasteiger partial charge in [0.15, 0.2) is 8.32 Å². The number of carbonyl (C=O) groups excluding carboxylic acids is 1. The molecule has 0 bridgehead atoms. The predicted molar refractivity (Wildman–Crippen MR) is 92.4 cm³/mol. The molecule has 0 heterocycles. The zero-order chi connectivity index (χ0) is 16.8. The van der Waals surface area contributed by atoms with Gasteiger partial charge in [-0.05, 0) is 56.3 Å². The number of hydrogen-bond donors (Lipinski definition) is 1. The summed E-state index contributed by atoms with van der Waals surface area (Å²) in [4.78, 5) is 12.8. The molecule has 0 aliphatic heterocycles. The van der Waals surface area contributed by atoms with Crippen LogP contribution in [0.5, 0.6) is 0 Å². The van der Waals surface area contributed by atoms with Crippen molar-refractivity contribution >= 4 is 14.1 Å². The van der Waals surface area contributed by atoms with Crippen LogP contribution in [0.1, 0.15) is 59.8 Å². The molecular formula is C18H32O3Si. The van der Waals surface area contributed by atoms with Crippen LogP contribution in [0.2, 0.25) is 18.1 Å². The highest BCUT2D eigenvalue weighted by molar-refractivity contribution is 6.74. The second-order valence-corrected chi connectivity index (χ2v) is 13.4. The SMILES string of the molecule is CC1=C2CCCC(=O)[C@]2(CO[Si](C)(C)C(C)(C)C)CC[C@H]1O. The van der Waals surface area contributed by atoms with Gasteiger partial charge in [-0.25, -0.2) is 0 Å². The molecule has 0 unspecified atom stereocenters. The Bertz CT molecular complexity index is 487. The molecule has 1 N–H and O–H groups in total. The van der Waals surface area contributed by atoms with Crippen molar-refractivity contribution in [3.63, 3.8) is 0 Å². The highest BCUT2D eigenvalue weighted by atomic mass is 28.4. The van der Waals surface area contributed by atoms with E-state index in [1.54, 1.807) is 0 Å². The first-order chi connectivity index (χ1) is 10.0. The minimum Gasteiger partial charge on any atom is -0.415 e. The minimum atomic E-state index is -1.88. The Morgan fingerprint density at radius 3 is 2.55 bits per heavy atom. The topological polar surface area (TPSA) is 46.5 Å². The molecule has 0 aromatic carbocycles. The Kier molecular flexibility index (Phi) is 4.78.